The SMILES string of the molecule is NC(=S)C1CN(C2CCCCCC2)CCO1. The number of rotatable bonds is 2. The lowest BCUT2D eigenvalue weighted by atomic mass is 10.1. The molecule has 1 atom stereocenters. The number of hydrogen-bond donors (Lipinski definition) is 1. The molecule has 0 aromatic heterocycles. The van der Waals surface area contributed by atoms with Crippen molar-refractivity contribution in [3.05, 3.63) is 0 Å². The van der Waals surface area contributed by atoms with Crippen LogP contribution in [0.3, 0.4) is 0 Å². The third-order valence-electron chi connectivity index (χ3n) is 3.76. The Labute approximate surface area is 103 Å². The lowest BCUT2D eigenvalue weighted by molar-refractivity contribution is -0.0135. The summed E-state index contributed by atoms with van der Waals surface area (Å²) in [5, 5.41) is 0. The molecule has 0 radical (unpaired) electrons. The van der Waals surface area contributed by atoms with Gasteiger partial charge in [-0.05, 0) is 12.8 Å². The standard InChI is InChI=1S/C12H22N2OS/c13-12(16)11-9-14(7-8-15-11)10-5-3-1-2-4-6-10/h10-11H,1-9H2,(H2,13,16). The van der Waals surface area contributed by atoms with E-state index in [2.05, 4.69) is 4.90 Å². The first-order chi connectivity index (χ1) is 7.77. The van der Waals surface area contributed by atoms with E-state index in [1.807, 2.05) is 0 Å². The summed E-state index contributed by atoms with van der Waals surface area (Å²) in [6.45, 7) is 2.72. The number of thiocarbonyl (C=S) groups is 1. The van der Waals surface area contributed by atoms with Gasteiger partial charge >= 0.3 is 0 Å². The first kappa shape index (κ1) is 12.3. The molecule has 1 aliphatic heterocycles. The van der Waals surface area contributed by atoms with Crippen molar-refractivity contribution in [2.24, 2.45) is 5.73 Å². The highest BCUT2D eigenvalue weighted by atomic mass is 32.1. The summed E-state index contributed by atoms with van der Waals surface area (Å²) in [5.41, 5.74) is 5.67. The lowest BCUT2D eigenvalue weighted by Gasteiger charge is -2.37. The van der Waals surface area contributed by atoms with Crippen LogP contribution in [0.5, 0.6) is 0 Å². The summed E-state index contributed by atoms with van der Waals surface area (Å²) in [7, 11) is 0. The zero-order chi connectivity index (χ0) is 11.4. The molecule has 1 aliphatic carbocycles. The van der Waals surface area contributed by atoms with E-state index >= 15 is 0 Å². The zero-order valence-electron chi connectivity index (χ0n) is 9.86. The van der Waals surface area contributed by atoms with Crippen LogP contribution in [-0.2, 0) is 4.74 Å². The molecule has 0 aromatic rings. The van der Waals surface area contributed by atoms with Crippen LogP contribution in [0.15, 0.2) is 0 Å². The Morgan fingerprint density at radius 3 is 2.50 bits per heavy atom. The van der Waals surface area contributed by atoms with Crippen molar-refractivity contribution in [3.8, 4) is 0 Å². The minimum atomic E-state index is -0.0213. The highest BCUT2D eigenvalue weighted by Gasteiger charge is 2.27. The second-order valence-corrected chi connectivity index (χ2v) is 5.37. The Hall–Kier alpha value is -0.190. The Morgan fingerprint density at radius 1 is 1.19 bits per heavy atom. The predicted molar refractivity (Wildman–Crippen MR) is 69.6 cm³/mol. The number of ether oxygens (including phenoxy) is 1. The molecule has 2 aliphatic rings. The fourth-order valence-corrected chi connectivity index (χ4v) is 2.94. The van der Waals surface area contributed by atoms with Gasteiger partial charge in [0.2, 0.25) is 0 Å². The van der Waals surface area contributed by atoms with Crippen LogP contribution in [0.2, 0.25) is 0 Å². The zero-order valence-corrected chi connectivity index (χ0v) is 10.7. The van der Waals surface area contributed by atoms with E-state index in [1.165, 1.54) is 38.5 Å². The first-order valence-electron chi connectivity index (χ1n) is 6.42. The van der Waals surface area contributed by atoms with Crippen molar-refractivity contribution in [3.63, 3.8) is 0 Å². The van der Waals surface area contributed by atoms with Gasteiger partial charge in [-0.25, -0.2) is 0 Å². The molecule has 16 heavy (non-hydrogen) atoms. The fraction of sp³-hybridized carbons (Fsp3) is 0.917. The molecule has 3 nitrogen and oxygen atoms in total. The molecule has 1 saturated heterocycles. The second-order valence-electron chi connectivity index (χ2n) is 4.90. The van der Waals surface area contributed by atoms with E-state index in [0.717, 1.165) is 25.7 Å². The Balaban J connectivity index is 1.89. The Bertz CT molecular complexity index is 239. The summed E-state index contributed by atoms with van der Waals surface area (Å²) in [4.78, 5) is 3.05. The van der Waals surface area contributed by atoms with Crippen LogP contribution in [-0.4, -0.2) is 41.7 Å². The summed E-state index contributed by atoms with van der Waals surface area (Å²) >= 11 is 5.02. The number of hydrogen-bond acceptors (Lipinski definition) is 3. The van der Waals surface area contributed by atoms with E-state index in [1.54, 1.807) is 0 Å². The van der Waals surface area contributed by atoms with Crippen LogP contribution in [0, 0.1) is 0 Å². The molecule has 1 unspecified atom stereocenters. The Morgan fingerprint density at radius 2 is 1.88 bits per heavy atom. The molecular weight excluding hydrogens is 220 g/mol. The summed E-state index contributed by atoms with van der Waals surface area (Å²) in [6.07, 6.45) is 8.21. The highest BCUT2D eigenvalue weighted by Crippen LogP contribution is 2.23. The van der Waals surface area contributed by atoms with Gasteiger partial charge in [0.05, 0.1) is 6.61 Å². The van der Waals surface area contributed by atoms with Gasteiger partial charge in [-0.2, -0.15) is 0 Å². The van der Waals surface area contributed by atoms with Crippen LogP contribution in [0.4, 0.5) is 0 Å². The van der Waals surface area contributed by atoms with E-state index < -0.39 is 0 Å². The van der Waals surface area contributed by atoms with Gasteiger partial charge in [0, 0.05) is 19.1 Å². The molecule has 1 heterocycles. The molecule has 2 fully saturated rings. The quantitative estimate of drug-likeness (QED) is 0.591. The van der Waals surface area contributed by atoms with Crippen LogP contribution >= 0.6 is 12.2 Å². The minimum Gasteiger partial charge on any atom is -0.391 e. The maximum atomic E-state index is 5.67. The molecule has 4 heteroatoms. The van der Waals surface area contributed by atoms with Crippen molar-refractivity contribution in [2.45, 2.75) is 50.7 Å². The van der Waals surface area contributed by atoms with Crippen LogP contribution in [0.1, 0.15) is 38.5 Å². The van der Waals surface area contributed by atoms with Gasteiger partial charge in [-0.3, -0.25) is 4.90 Å². The average Bonchev–Trinajstić information content (AvgIpc) is 2.57. The van der Waals surface area contributed by atoms with Gasteiger partial charge in [-0.1, -0.05) is 37.9 Å². The smallest absolute Gasteiger partial charge is 0.120 e. The molecule has 0 aromatic carbocycles. The van der Waals surface area contributed by atoms with Gasteiger partial charge in [0.25, 0.3) is 0 Å². The van der Waals surface area contributed by atoms with E-state index in [9.17, 15) is 0 Å². The second kappa shape index (κ2) is 5.94. The average molecular weight is 242 g/mol. The summed E-state index contributed by atoms with van der Waals surface area (Å²) < 4.78 is 5.58. The first-order valence-corrected chi connectivity index (χ1v) is 6.83. The number of nitrogens with zero attached hydrogens (tertiary/aromatic N) is 1. The van der Waals surface area contributed by atoms with Crippen LogP contribution < -0.4 is 5.73 Å². The fourth-order valence-electron chi connectivity index (χ4n) is 2.80. The van der Waals surface area contributed by atoms with E-state index in [-0.39, 0.29) is 6.10 Å². The highest BCUT2D eigenvalue weighted by molar-refractivity contribution is 7.80. The molecule has 92 valence electrons. The normalized spacial score (nSPS) is 29.9. The van der Waals surface area contributed by atoms with E-state index in [0.29, 0.717) is 4.99 Å². The largest absolute Gasteiger partial charge is 0.391 e. The maximum Gasteiger partial charge on any atom is 0.120 e. The minimum absolute atomic E-state index is 0.0213. The molecular formula is C12H22N2OS. The monoisotopic (exact) mass is 242 g/mol. The third-order valence-corrected chi connectivity index (χ3v) is 4.02. The number of nitrogens with two attached hydrogens (primary N) is 1. The summed E-state index contributed by atoms with van der Waals surface area (Å²) in [6, 6.07) is 0.739. The van der Waals surface area contributed by atoms with Crippen LogP contribution in [0.25, 0.3) is 0 Å². The lowest BCUT2D eigenvalue weighted by Crippen LogP contribution is -2.51. The van der Waals surface area contributed by atoms with Crippen molar-refractivity contribution >= 4 is 17.2 Å². The van der Waals surface area contributed by atoms with Crippen molar-refractivity contribution in [2.75, 3.05) is 19.7 Å². The Kier molecular flexibility index (Phi) is 4.55. The van der Waals surface area contributed by atoms with Gasteiger partial charge in [-0.15, -0.1) is 0 Å². The number of morpholine rings is 1. The molecule has 1 saturated carbocycles. The molecule has 2 N–H and O–H groups in total. The molecule has 2 rings (SSSR count). The maximum absolute atomic E-state index is 5.67. The molecule has 0 spiro atoms. The van der Waals surface area contributed by atoms with E-state index in [4.69, 9.17) is 22.7 Å². The van der Waals surface area contributed by atoms with Gasteiger partial charge in [0.15, 0.2) is 0 Å². The van der Waals surface area contributed by atoms with Gasteiger partial charge < -0.3 is 10.5 Å². The topological polar surface area (TPSA) is 38.5 Å². The predicted octanol–water partition coefficient (Wildman–Crippen LogP) is 1.70. The molecule has 0 bridgehead atoms. The third kappa shape index (κ3) is 3.15. The molecule has 0 amide bonds. The van der Waals surface area contributed by atoms with Crippen molar-refractivity contribution < 1.29 is 4.74 Å². The van der Waals surface area contributed by atoms with Crippen molar-refractivity contribution in [1.82, 2.24) is 4.90 Å². The van der Waals surface area contributed by atoms with Crippen molar-refractivity contribution in [1.29, 1.82) is 0 Å². The summed E-state index contributed by atoms with van der Waals surface area (Å²) in [5.74, 6) is 0. The van der Waals surface area contributed by atoms with Gasteiger partial charge in [0.1, 0.15) is 11.1 Å².